The molecule has 3 nitrogen and oxygen atoms in total. The van der Waals surface area contributed by atoms with E-state index in [4.69, 9.17) is 9.47 Å². The maximum atomic E-state index is 5.81. The van der Waals surface area contributed by atoms with E-state index in [0.717, 1.165) is 28.7 Å². The summed E-state index contributed by atoms with van der Waals surface area (Å²) in [6.07, 6.45) is 4.61. The van der Waals surface area contributed by atoms with E-state index in [9.17, 15) is 0 Å². The molecule has 0 bridgehead atoms. The van der Waals surface area contributed by atoms with E-state index in [2.05, 4.69) is 57.3 Å². The van der Waals surface area contributed by atoms with Gasteiger partial charge in [0.05, 0.1) is 14.2 Å². The Morgan fingerprint density at radius 2 is 1.58 bits per heavy atom. The second kappa shape index (κ2) is 7.11. The second-order valence-corrected chi connectivity index (χ2v) is 9.02. The topological polar surface area (TPSA) is 30.5 Å². The fourth-order valence-electron chi connectivity index (χ4n) is 5.06. The van der Waals surface area contributed by atoms with Crippen LogP contribution in [-0.4, -0.2) is 25.3 Å². The average molecular weight is 356 g/mol. The van der Waals surface area contributed by atoms with Crippen LogP contribution in [0.15, 0.2) is 30.3 Å². The number of fused-ring (bicyclic) bond motifs is 1. The molecule has 142 valence electrons. The summed E-state index contributed by atoms with van der Waals surface area (Å²) in [5, 5.41) is 6.03. The third-order valence-corrected chi connectivity index (χ3v) is 5.55. The van der Waals surface area contributed by atoms with Crippen LogP contribution in [0.2, 0.25) is 0 Å². The van der Waals surface area contributed by atoms with Crippen molar-refractivity contribution in [3.8, 4) is 11.5 Å². The Balaban J connectivity index is 1.87. The molecule has 2 aromatic rings. The Bertz CT molecular complexity index is 763. The molecule has 26 heavy (non-hydrogen) atoms. The smallest absolute Gasteiger partial charge is 0.130 e. The maximum absolute atomic E-state index is 5.81. The highest BCUT2D eigenvalue weighted by molar-refractivity contribution is 5.94. The Morgan fingerprint density at radius 3 is 2.15 bits per heavy atom. The van der Waals surface area contributed by atoms with Gasteiger partial charge < -0.3 is 14.8 Å². The zero-order valence-electron chi connectivity index (χ0n) is 17.1. The second-order valence-electron chi connectivity index (χ2n) is 9.02. The molecule has 0 aromatic heterocycles. The molecule has 1 fully saturated rings. The van der Waals surface area contributed by atoms with Crippen LogP contribution in [0, 0.1) is 5.92 Å². The molecule has 0 aliphatic carbocycles. The highest BCUT2D eigenvalue weighted by atomic mass is 16.5. The highest BCUT2D eigenvalue weighted by Crippen LogP contribution is 2.39. The lowest BCUT2D eigenvalue weighted by Gasteiger charge is -2.46. The molecule has 0 radical (unpaired) electrons. The maximum Gasteiger partial charge on any atom is 0.130 e. The van der Waals surface area contributed by atoms with E-state index in [1.54, 1.807) is 14.2 Å². The van der Waals surface area contributed by atoms with E-state index in [1.807, 2.05) is 6.07 Å². The fraction of sp³-hybridized carbons (Fsp3) is 0.565. The summed E-state index contributed by atoms with van der Waals surface area (Å²) < 4.78 is 11.5. The van der Waals surface area contributed by atoms with Gasteiger partial charge in [-0.3, -0.25) is 0 Å². The van der Waals surface area contributed by atoms with E-state index in [-0.39, 0.29) is 11.1 Å². The Labute approximate surface area is 158 Å². The molecule has 2 aromatic carbocycles. The molecule has 1 aliphatic rings. The first-order chi connectivity index (χ1) is 12.2. The molecule has 0 spiro atoms. The predicted octanol–water partition coefficient (Wildman–Crippen LogP) is 5.35. The van der Waals surface area contributed by atoms with Crippen LogP contribution in [0.5, 0.6) is 11.5 Å². The molecule has 0 amide bonds. The number of benzene rings is 2. The molecule has 3 heteroatoms. The van der Waals surface area contributed by atoms with Crippen molar-refractivity contribution in [3.63, 3.8) is 0 Å². The number of rotatable bonds is 5. The number of aryl methyl sites for hydroxylation is 1. The van der Waals surface area contributed by atoms with Crippen molar-refractivity contribution in [2.75, 3.05) is 14.2 Å². The molecule has 0 saturated carbocycles. The van der Waals surface area contributed by atoms with Crippen LogP contribution >= 0.6 is 0 Å². The van der Waals surface area contributed by atoms with Gasteiger partial charge in [-0.05, 0) is 70.9 Å². The summed E-state index contributed by atoms with van der Waals surface area (Å²) in [5.74, 6) is 2.64. The first-order valence-corrected chi connectivity index (χ1v) is 9.66. The number of hydrogen-bond donors (Lipinski definition) is 1. The van der Waals surface area contributed by atoms with Crippen LogP contribution in [-0.2, 0) is 6.42 Å². The zero-order chi connectivity index (χ0) is 18.9. The van der Waals surface area contributed by atoms with Gasteiger partial charge in [-0.25, -0.2) is 0 Å². The largest absolute Gasteiger partial charge is 0.496 e. The normalized spacial score (nSPS) is 19.5. The predicted molar refractivity (Wildman–Crippen MR) is 109 cm³/mol. The van der Waals surface area contributed by atoms with Gasteiger partial charge in [0.15, 0.2) is 0 Å². The number of nitrogens with one attached hydrogen (secondary N) is 1. The minimum absolute atomic E-state index is 0.192. The molecular formula is C23H33NO2. The number of hydrogen-bond acceptors (Lipinski definition) is 3. The molecule has 1 aliphatic heterocycles. The molecule has 1 N–H and O–H groups in total. The zero-order valence-corrected chi connectivity index (χ0v) is 17.1. The summed E-state index contributed by atoms with van der Waals surface area (Å²) in [5.41, 5.74) is 1.63. The van der Waals surface area contributed by atoms with Crippen LogP contribution < -0.4 is 14.8 Å². The monoisotopic (exact) mass is 355 g/mol. The number of piperidine rings is 1. The van der Waals surface area contributed by atoms with Crippen LogP contribution in [0.25, 0.3) is 10.8 Å². The van der Waals surface area contributed by atoms with Crippen molar-refractivity contribution in [2.24, 2.45) is 5.92 Å². The van der Waals surface area contributed by atoms with Gasteiger partial charge in [0.25, 0.3) is 0 Å². The van der Waals surface area contributed by atoms with Gasteiger partial charge in [0.2, 0.25) is 0 Å². The standard InChI is InChI=1S/C23H33NO2/c1-22(2)14-16(15-23(3,4)24-22)11-12-17-13-20(25-5)18-9-7-8-10-19(18)21(17)26-6/h7-10,13,16,24H,11-12,14-15H2,1-6H3. The summed E-state index contributed by atoms with van der Waals surface area (Å²) in [4.78, 5) is 0. The Hall–Kier alpha value is -1.74. The molecule has 0 unspecified atom stereocenters. The van der Waals surface area contributed by atoms with Crippen molar-refractivity contribution in [1.29, 1.82) is 0 Å². The highest BCUT2D eigenvalue weighted by Gasteiger charge is 2.37. The van der Waals surface area contributed by atoms with E-state index < -0.39 is 0 Å². The van der Waals surface area contributed by atoms with E-state index in [1.165, 1.54) is 24.8 Å². The first kappa shape index (κ1) is 19.0. The van der Waals surface area contributed by atoms with Crippen molar-refractivity contribution >= 4 is 10.8 Å². The number of methoxy groups -OCH3 is 2. The van der Waals surface area contributed by atoms with E-state index in [0.29, 0.717) is 5.92 Å². The van der Waals surface area contributed by atoms with Crippen molar-refractivity contribution in [2.45, 2.75) is 64.5 Å². The molecular weight excluding hydrogens is 322 g/mol. The third-order valence-electron chi connectivity index (χ3n) is 5.55. The summed E-state index contributed by atoms with van der Waals surface area (Å²) >= 11 is 0. The number of ether oxygens (including phenoxy) is 2. The van der Waals surface area contributed by atoms with Crippen LogP contribution in [0.3, 0.4) is 0 Å². The molecule has 1 saturated heterocycles. The SMILES string of the molecule is COc1cc(CCC2CC(C)(C)NC(C)(C)C2)c(OC)c2ccccc12. The summed E-state index contributed by atoms with van der Waals surface area (Å²) in [7, 11) is 3.52. The fourth-order valence-corrected chi connectivity index (χ4v) is 5.06. The van der Waals surface area contributed by atoms with Gasteiger partial charge in [-0.2, -0.15) is 0 Å². The van der Waals surface area contributed by atoms with Crippen molar-refractivity contribution < 1.29 is 9.47 Å². The molecule has 0 atom stereocenters. The van der Waals surface area contributed by atoms with Gasteiger partial charge >= 0.3 is 0 Å². The summed E-state index contributed by atoms with van der Waals surface area (Å²) in [6.45, 7) is 9.28. The lowest BCUT2D eigenvalue weighted by molar-refractivity contribution is 0.123. The van der Waals surface area contributed by atoms with E-state index >= 15 is 0 Å². The Morgan fingerprint density at radius 1 is 0.962 bits per heavy atom. The van der Waals surface area contributed by atoms with Crippen molar-refractivity contribution in [1.82, 2.24) is 5.32 Å². The lowest BCUT2D eigenvalue weighted by atomic mass is 9.74. The molecule has 3 rings (SSSR count). The van der Waals surface area contributed by atoms with Crippen molar-refractivity contribution in [3.05, 3.63) is 35.9 Å². The molecule has 1 heterocycles. The quantitative estimate of drug-likeness (QED) is 0.784. The lowest BCUT2D eigenvalue weighted by Crippen LogP contribution is -2.57. The Kier molecular flexibility index (Phi) is 5.21. The van der Waals surface area contributed by atoms with Crippen LogP contribution in [0.4, 0.5) is 0 Å². The van der Waals surface area contributed by atoms with Gasteiger partial charge in [-0.15, -0.1) is 0 Å². The minimum Gasteiger partial charge on any atom is -0.496 e. The average Bonchev–Trinajstić information content (AvgIpc) is 2.56. The van der Waals surface area contributed by atoms with Gasteiger partial charge in [0.1, 0.15) is 11.5 Å². The van der Waals surface area contributed by atoms with Gasteiger partial charge in [0, 0.05) is 21.9 Å². The first-order valence-electron chi connectivity index (χ1n) is 9.66. The summed E-state index contributed by atoms with van der Waals surface area (Å²) in [6, 6.07) is 10.5. The van der Waals surface area contributed by atoms with Gasteiger partial charge in [-0.1, -0.05) is 24.3 Å². The third kappa shape index (κ3) is 3.98. The van der Waals surface area contributed by atoms with Crippen LogP contribution in [0.1, 0.15) is 52.5 Å². The minimum atomic E-state index is 0.192.